The third-order valence-electron chi connectivity index (χ3n) is 4.86. The van der Waals surface area contributed by atoms with E-state index < -0.39 is 0 Å². The lowest BCUT2D eigenvalue weighted by Gasteiger charge is -2.31. The van der Waals surface area contributed by atoms with Crippen LogP contribution in [0.2, 0.25) is 0 Å². The number of methoxy groups -OCH3 is 1. The van der Waals surface area contributed by atoms with Crippen molar-refractivity contribution >= 4 is 28.1 Å². The highest BCUT2D eigenvalue weighted by molar-refractivity contribution is 7.07. The van der Waals surface area contributed by atoms with Crippen molar-refractivity contribution in [3.8, 4) is 5.75 Å². The van der Waals surface area contributed by atoms with Crippen molar-refractivity contribution in [1.82, 2.24) is 9.88 Å². The molecule has 1 amide bonds. The number of aromatic amines is 1. The first-order valence-electron chi connectivity index (χ1n) is 8.23. The Morgan fingerprint density at radius 1 is 1.25 bits per heavy atom. The standard InChI is InChI=1S/C19H20N2O2S/c1-23-16-3-2-14-10-18(20-17(14)11-16)19(22)21-7-4-13(5-8-21)15-6-9-24-12-15/h2-3,6,9-13,20H,4-5,7-8H2,1H3. The summed E-state index contributed by atoms with van der Waals surface area (Å²) in [5, 5.41) is 5.39. The molecule has 0 saturated carbocycles. The van der Waals surface area contributed by atoms with Gasteiger partial charge in [-0.15, -0.1) is 0 Å². The Hall–Kier alpha value is -2.27. The van der Waals surface area contributed by atoms with Crippen LogP contribution in [0.1, 0.15) is 34.8 Å². The van der Waals surface area contributed by atoms with Gasteiger partial charge < -0.3 is 14.6 Å². The number of likely N-dealkylation sites (tertiary alicyclic amines) is 1. The van der Waals surface area contributed by atoms with Gasteiger partial charge in [0.2, 0.25) is 0 Å². The zero-order chi connectivity index (χ0) is 16.5. The molecule has 1 aliphatic rings. The summed E-state index contributed by atoms with van der Waals surface area (Å²) >= 11 is 1.75. The number of ether oxygens (including phenoxy) is 1. The van der Waals surface area contributed by atoms with Crippen molar-refractivity contribution in [2.45, 2.75) is 18.8 Å². The second-order valence-electron chi connectivity index (χ2n) is 6.26. The molecule has 124 valence electrons. The summed E-state index contributed by atoms with van der Waals surface area (Å²) in [5.41, 5.74) is 3.02. The van der Waals surface area contributed by atoms with Crippen molar-refractivity contribution in [2.75, 3.05) is 20.2 Å². The van der Waals surface area contributed by atoms with Crippen LogP contribution in [0, 0.1) is 0 Å². The first kappa shape index (κ1) is 15.3. The van der Waals surface area contributed by atoms with Gasteiger partial charge in [0.15, 0.2) is 0 Å². The van der Waals surface area contributed by atoms with Crippen LogP contribution in [0.4, 0.5) is 0 Å². The van der Waals surface area contributed by atoms with E-state index in [1.807, 2.05) is 29.2 Å². The van der Waals surface area contributed by atoms with E-state index in [1.165, 1.54) is 5.56 Å². The Morgan fingerprint density at radius 2 is 2.08 bits per heavy atom. The van der Waals surface area contributed by atoms with Crippen molar-refractivity contribution in [3.05, 3.63) is 52.3 Å². The quantitative estimate of drug-likeness (QED) is 0.774. The summed E-state index contributed by atoms with van der Waals surface area (Å²) in [4.78, 5) is 18.0. The topological polar surface area (TPSA) is 45.3 Å². The SMILES string of the molecule is COc1ccc2cc(C(=O)N3CCC(c4ccsc4)CC3)[nH]c2c1. The fraction of sp³-hybridized carbons (Fsp3) is 0.316. The third-order valence-corrected chi connectivity index (χ3v) is 5.56. The molecule has 3 heterocycles. The number of hydrogen-bond donors (Lipinski definition) is 1. The predicted molar refractivity (Wildman–Crippen MR) is 97.0 cm³/mol. The third kappa shape index (κ3) is 2.80. The van der Waals surface area contributed by atoms with E-state index in [9.17, 15) is 4.79 Å². The molecule has 0 bridgehead atoms. The second-order valence-corrected chi connectivity index (χ2v) is 7.04. The van der Waals surface area contributed by atoms with Crippen LogP contribution in [-0.4, -0.2) is 36.0 Å². The van der Waals surface area contributed by atoms with Gasteiger partial charge in [0.05, 0.1) is 7.11 Å². The predicted octanol–water partition coefficient (Wildman–Crippen LogP) is 4.26. The molecule has 1 fully saturated rings. The van der Waals surface area contributed by atoms with Gasteiger partial charge in [0, 0.05) is 30.1 Å². The van der Waals surface area contributed by atoms with E-state index in [2.05, 4.69) is 21.8 Å². The number of carbonyl (C=O) groups excluding carboxylic acids is 1. The van der Waals surface area contributed by atoms with E-state index in [4.69, 9.17) is 4.74 Å². The summed E-state index contributed by atoms with van der Waals surface area (Å²) in [6.45, 7) is 1.63. The average molecular weight is 340 g/mol. The Morgan fingerprint density at radius 3 is 2.79 bits per heavy atom. The fourth-order valence-electron chi connectivity index (χ4n) is 3.44. The van der Waals surface area contributed by atoms with Crippen molar-refractivity contribution < 1.29 is 9.53 Å². The molecule has 4 nitrogen and oxygen atoms in total. The summed E-state index contributed by atoms with van der Waals surface area (Å²) in [5.74, 6) is 1.47. The Kier molecular flexibility index (Phi) is 4.02. The van der Waals surface area contributed by atoms with E-state index in [-0.39, 0.29) is 5.91 Å². The first-order chi connectivity index (χ1) is 11.7. The number of piperidine rings is 1. The molecule has 2 aromatic heterocycles. The zero-order valence-corrected chi connectivity index (χ0v) is 14.4. The Bertz CT molecular complexity index is 846. The maximum atomic E-state index is 12.8. The Balaban J connectivity index is 1.48. The molecule has 24 heavy (non-hydrogen) atoms. The van der Waals surface area contributed by atoms with Crippen LogP contribution >= 0.6 is 11.3 Å². The molecule has 1 saturated heterocycles. The van der Waals surface area contributed by atoms with Crippen molar-refractivity contribution in [1.29, 1.82) is 0 Å². The average Bonchev–Trinajstić information content (AvgIpc) is 3.30. The van der Waals surface area contributed by atoms with Gasteiger partial charge in [-0.3, -0.25) is 4.79 Å². The lowest BCUT2D eigenvalue weighted by molar-refractivity contribution is 0.0708. The van der Waals surface area contributed by atoms with Crippen molar-refractivity contribution in [3.63, 3.8) is 0 Å². The smallest absolute Gasteiger partial charge is 0.270 e. The van der Waals surface area contributed by atoms with Gasteiger partial charge in [-0.2, -0.15) is 11.3 Å². The summed E-state index contributed by atoms with van der Waals surface area (Å²) in [7, 11) is 1.65. The van der Waals surface area contributed by atoms with Crippen LogP contribution in [0.3, 0.4) is 0 Å². The van der Waals surface area contributed by atoms with Crippen LogP contribution in [0.15, 0.2) is 41.1 Å². The van der Waals surface area contributed by atoms with Crippen LogP contribution < -0.4 is 4.74 Å². The van der Waals surface area contributed by atoms with Gasteiger partial charge >= 0.3 is 0 Å². The first-order valence-corrected chi connectivity index (χ1v) is 9.17. The van der Waals surface area contributed by atoms with Crippen molar-refractivity contribution in [2.24, 2.45) is 0 Å². The largest absolute Gasteiger partial charge is 0.497 e. The number of fused-ring (bicyclic) bond motifs is 1. The van der Waals surface area contributed by atoms with Crippen LogP contribution in [0.5, 0.6) is 5.75 Å². The minimum Gasteiger partial charge on any atom is -0.497 e. The van der Waals surface area contributed by atoms with E-state index in [0.717, 1.165) is 42.6 Å². The second kappa shape index (κ2) is 6.32. The lowest BCUT2D eigenvalue weighted by Crippen LogP contribution is -2.38. The van der Waals surface area contributed by atoms with E-state index >= 15 is 0 Å². The normalized spacial score (nSPS) is 15.8. The Labute approximate surface area is 145 Å². The number of H-pyrrole nitrogens is 1. The molecule has 5 heteroatoms. The summed E-state index contributed by atoms with van der Waals surface area (Å²) in [6.07, 6.45) is 2.08. The highest BCUT2D eigenvalue weighted by Gasteiger charge is 2.25. The zero-order valence-electron chi connectivity index (χ0n) is 13.6. The number of benzene rings is 1. The molecule has 0 radical (unpaired) electrons. The molecular weight excluding hydrogens is 320 g/mol. The molecule has 1 aromatic carbocycles. The molecule has 1 N–H and O–H groups in total. The lowest BCUT2D eigenvalue weighted by atomic mass is 9.91. The number of hydrogen-bond acceptors (Lipinski definition) is 3. The molecule has 0 aliphatic carbocycles. The number of carbonyl (C=O) groups is 1. The van der Waals surface area contributed by atoms with Gasteiger partial charge in [0.25, 0.3) is 5.91 Å². The van der Waals surface area contributed by atoms with Gasteiger partial charge in [-0.05, 0) is 59.3 Å². The minimum atomic E-state index is 0.0916. The summed E-state index contributed by atoms with van der Waals surface area (Å²) < 4.78 is 5.24. The molecule has 0 atom stereocenters. The number of rotatable bonds is 3. The molecule has 1 aliphatic heterocycles. The fourth-order valence-corrected chi connectivity index (χ4v) is 4.18. The molecule has 4 rings (SSSR count). The number of nitrogens with one attached hydrogen (secondary N) is 1. The number of thiophene rings is 1. The van der Waals surface area contributed by atoms with Gasteiger partial charge in [0.1, 0.15) is 11.4 Å². The van der Waals surface area contributed by atoms with Crippen LogP contribution in [-0.2, 0) is 0 Å². The number of nitrogens with zero attached hydrogens (tertiary/aromatic N) is 1. The van der Waals surface area contributed by atoms with Gasteiger partial charge in [-0.25, -0.2) is 0 Å². The monoisotopic (exact) mass is 340 g/mol. The number of amides is 1. The molecule has 3 aromatic rings. The maximum absolute atomic E-state index is 12.8. The highest BCUT2D eigenvalue weighted by atomic mass is 32.1. The number of aromatic nitrogens is 1. The minimum absolute atomic E-state index is 0.0916. The van der Waals surface area contributed by atoms with Gasteiger partial charge in [-0.1, -0.05) is 0 Å². The summed E-state index contributed by atoms with van der Waals surface area (Å²) in [6, 6.07) is 9.95. The maximum Gasteiger partial charge on any atom is 0.270 e. The van der Waals surface area contributed by atoms with E-state index in [1.54, 1.807) is 18.4 Å². The molecule has 0 spiro atoms. The molecule has 0 unspecified atom stereocenters. The molecular formula is C19H20N2O2S. The van der Waals surface area contributed by atoms with E-state index in [0.29, 0.717) is 11.6 Å². The highest BCUT2D eigenvalue weighted by Crippen LogP contribution is 2.30. The van der Waals surface area contributed by atoms with Crippen LogP contribution in [0.25, 0.3) is 10.9 Å².